The van der Waals surface area contributed by atoms with Crippen LogP contribution in [0.4, 0.5) is 0 Å². The minimum atomic E-state index is -0.563. The van der Waals surface area contributed by atoms with Gasteiger partial charge in [0.2, 0.25) is 0 Å². The van der Waals surface area contributed by atoms with Crippen LogP contribution >= 0.6 is 0 Å². The van der Waals surface area contributed by atoms with Crippen molar-refractivity contribution in [1.29, 1.82) is 0 Å². The standard InChI is InChI=1S/C17H17NO5/c1-4-22-16(20)13-8(2)18-9(3)14-15(13)11-6-5-10(19)7-12(11)23-17(14)21/h5-7,15,18-19H,4H2,1-3H3. The lowest BCUT2D eigenvalue weighted by Crippen LogP contribution is -2.36. The molecule has 23 heavy (non-hydrogen) atoms. The first-order valence-electron chi connectivity index (χ1n) is 7.34. The molecule has 6 heteroatoms. The monoisotopic (exact) mass is 315 g/mol. The number of fused-ring (bicyclic) bond motifs is 3. The van der Waals surface area contributed by atoms with E-state index in [2.05, 4.69) is 5.32 Å². The van der Waals surface area contributed by atoms with Gasteiger partial charge in [-0.1, -0.05) is 6.07 Å². The second-order valence-corrected chi connectivity index (χ2v) is 5.47. The maximum absolute atomic E-state index is 12.4. The number of carbonyl (C=O) groups excluding carboxylic acids is 2. The zero-order valence-corrected chi connectivity index (χ0v) is 13.1. The van der Waals surface area contributed by atoms with Crippen LogP contribution in [0, 0.1) is 0 Å². The van der Waals surface area contributed by atoms with E-state index in [1.54, 1.807) is 26.8 Å². The van der Waals surface area contributed by atoms with Crippen LogP contribution in [0.3, 0.4) is 0 Å². The number of nitrogens with one attached hydrogen (secondary N) is 1. The van der Waals surface area contributed by atoms with Gasteiger partial charge >= 0.3 is 11.9 Å². The third kappa shape index (κ3) is 2.36. The molecule has 2 N–H and O–H groups in total. The van der Waals surface area contributed by atoms with E-state index in [9.17, 15) is 14.7 Å². The predicted molar refractivity (Wildman–Crippen MR) is 81.7 cm³/mol. The normalized spacial score (nSPS) is 19.6. The number of ether oxygens (including phenoxy) is 2. The average molecular weight is 315 g/mol. The molecule has 0 saturated carbocycles. The second kappa shape index (κ2) is 5.46. The number of phenols is 1. The summed E-state index contributed by atoms with van der Waals surface area (Å²) in [7, 11) is 0. The van der Waals surface area contributed by atoms with Crippen molar-refractivity contribution in [3.63, 3.8) is 0 Å². The molecule has 1 atom stereocenters. The number of hydrogen-bond donors (Lipinski definition) is 2. The Balaban J connectivity index is 2.21. The predicted octanol–water partition coefficient (Wildman–Crippen LogP) is 2.11. The first-order valence-corrected chi connectivity index (χ1v) is 7.34. The first-order chi connectivity index (χ1) is 10.9. The minimum Gasteiger partial charge on any atom is -0.508 e. The number of dihydropyridines is 1. The Kier molecular flexibility index (Phi) is 3.60. The van der Waals surface area contributed by atoms with Gasteiger partial charge in [-0.05, 0) is 26.8 Å². The Morgan fingerprint density at radius 2 is 2.09 bits per heavy atom. The molecule has 1 unspecified atom stereocenters. The Bertz CT molecular complexity index is 775. The third-order valence-corrected chi connectivity index (χ3v) is 3.99. The third-order valence-electron chi connectivity index (χ3n) is 3.99. The molecule has 3 rings (SSSR count). The van der Waals surface area contributed by atoms with Crippen molar-refractivity contribution in [2.24, 2.45) is 0 Å². The summed E-state index contributed by atoms with van der Waals surface area (Å²) < 4.78 is 10.5. The number of hydrogen-bond acceptors (Lipinski definition) is 6. The van der Waals surface area contributed by atoms with E-state index in [1.165, 1.54) is 12.1 Å². The number of phenolic OH excluding ortho intramolecular Hbond substituents is 1. The molecule has 1 aromatic rings. The number of aromatic hydroxyl groups is 1. The highest BCUT2D eigenvalue weighted by atomic mass is 16.5. The largest absolute Gasteiger partial charge is 0.508 e. The summed E-state index contributed by atoms with van der Waals surface area (Å²) in [5.74, 6) is -1.32. The van der Waals surface area contributed by atoms with E-state index < -0.39 is 17.9 Å². The van der Waals surface area contributed by atoms with Crippen LogP contribution in [0.25, 0.3) is 0 Å². The number of rotatable bonds is 2. The van der Waals surface area contributed by atoms with E-state index in [-0.39, 0.29) is 18.1 Å². The van der Waals surface area contributed by atoms with Crippen LogP contribution in [0.1, 0.15) is 32.3 Å². The number of benzene rings is 1. The van der Waals surface area contributed by atoms with Crippen LogP contribution in [0.15, 0.2) is 40.7 Å². The summed E-state index contributed by atoms with van der Waals surface area (Å²) in [4.78, 5) is 24.8. The number of esters is 2. The van der Waals surface area contributed by atoms with Crippen molar-refractivity contribution in [1.82, 2.24) is 5.32 Å². The van der Waals surface area contributed by atoms with E-state index >= 15 is 0 Å². The van der Waals surface area contributed by atoms with E-state index in [0.717, 1.165) is 0 Å². The molecule has 0 bridgehead atoms. The van der Waals surface area contributed by atoms with Gasteiger partial charge < -0.3 is 19.9 Å². The lowest BCUT2D eigenvalue weighted by atomic mass is 9.78. The van der Waals surface area contributed by atoms with Crippen LogP contribution in [0.5, 0.6) is 11.5 Å². The smallest absolute Gasteiger partial charge is 0.342 e. The van der Waals surface area contributed by atoms with E-state index in [1.807, 2.05) is 0 Å². The van der Waals surface area contributed by atoms with Gasteiger partial charge in [-0.25, -0.2) is 9.59 Å². The SMILES string of the molecule is CCOC(=O)C1=C(C)NC(C)=C2C(=O)Oc3cc(O)ccc3C12. The van der Waals surface area contributed by atoms with Gasteiger partial charge in [0.1, 0.15) is 11.5 Å². The highest BCUT2D eigenvalue weighted by Gasteiger charge is 2.42. The quantitative estimate of drug-likeness (QED) is 0.642. The minimum absolute atomic E-state index is 0.00646. The van der Waals surface area contributed by atoms with Crippen LogP contribution in [0.2, 0.25) is 0 Å². The lowest BCUT2D eigenvalue weighted by Gasteiger charge is -2.34. The molecule has 2 aliphatic heterocycles. The molecule has 6 nitrogen and oxygen atoms in total. The van der Waals surface area contributed by atoms with Crippen molar-refractivity contribution in [2.45, 2.75) is 26.7 Å². The molecule has 1 aromatic carbocycles. The summed E-state index contributed by atoms with van der Waals surface area (Å²) >= 11 is 0. The van der Waals surface area contributed by atoms with Gasteiger partial charge in [0.25, 0.3) is 0 Å². The molecule has 2 heterocycles. The highest BCUT2D eigenvalue weighted by Crippen LogP contribution is 2.46. The molecule has 0 amide bonds. The fourth-order valence-corrected chi connectivity index (χ4v) is 3.06. The Morgan fingerprint density at radius 1 is 1.35 bits per heavy atom. The summed E-state index contributed by atoms with van der Waals surface area (Å²) in [6.45, 7) is 5.51. The van der Waals surface area contributed by atoms with Crippen molar-refractivity contribution >= 4 is 11.9 Å². The highest BCUT2D eigenvalue weighted by molar-refractivity contribution is 6.02. The fourth-order valence-electron chi connectivity index (χ4n) is 3.06. The summed E-state index contributed by atoms with van der Waals surface area (Å²) in [6.07, 6.45) is 0. The molecule has 0 spiro atoms. The second-order valence-electron chi connectivity index (χ2n) is 5.47. The first kappa shape index (κ1) is 15.1. The molecule has 120 valence electrons. The van der Waals surface area contributed by atoms with Crippen LogP contribution in [-0.4, -0.2) is 23.7 Å². The van der Waals surface area contributed by atoms with Crippen molar-refractivity contribution in [2.75, 3.05) is 6.61 Å². The molecule has 0 radical (unpaired) electrons. The number of allylic oxidation sites excluding steroid dienone is 2. The Hall–Kier alpha value is -2.76. The molecule has 2 aliphatic rings. The van der Waals surface area contributed by atoms with Gasteiger partial charge in [-0.2, -0.15) is 0 Å². The summed E-state index contributed by atoms with van der Waals surface area (Å²) in [5.41, 5.74) is 2.71. The van der Waals surface area contributed by atoms with Gasteiger partial charge in [0, 0.05) is 23.0 Å². The van der Waals surface area contributed by atoms with Crippen molar-refractivity contribution < 1.29 is 24.2 Å². The lowest BCUT2D eigenvalue weighted by molar-refractivity contribution is -0.139. The molecule has 0 fully saturated rings. The summed E-state index contributed by atoms with van der Waals surface area (Å²) in [5, 5.41) is 12.7. The molecule has 0 aromatic heterocycles. The van der Waals surface area contributed by atoms with E-state index in [4.69, 9.17) is 9.47 Å². The molecular formula is C17H17NO5. The fraction of sp³-hybridized carbons (Fsp3) is 0.294. The zero-order valence-electron chi connectivity index (χ0n) is 13.1. The van der Waals surface area contributed by atoms with Gasteiger partial charge in [-0.15, -0.1) is 0 Å². The molecule has 0 saturated heterocycles. The van der Waals surface area contributed by atoms with Crippen LogP contribution in [-0.2, 0) is 14.3 Å². The Morgan fingerprint density at radius 3 is 2.78 bits per heavy atom. The van der Waals surface area contributed by atoms with Gasteiger partial charge in [0.05, 0.1) is 23.7 Å². The number of carbonyl (C=O) groups is 2. The van der Waals surface area contributed by atoms with Crippen molar-refractivity contribution in [3.05, 3.63) is 46.3 Å². The molecule has 0 aliphatic carbocycles. The van der Waals surface area contributed by atoms with E-state index in [0.29, 0.717) is 28.1 Å². The van der Waals surface area contributed by atoms with Crippen molar-refractivity contribution in [3.8, 4) is 11.5 Å². The maximum Gasteiger partial charge on any atom is 0.342 e. The summed E-state index contributed by atoms with van der Waals surface area (Å²) in [6, 6.07) is 4.54. The average Bonchev–Trinajstić information content (AvgIpc) is 2.46. The molecular weight excluding hydrogens is 298 g/mol. The Labute approximate surface area is 133 Å². The maximum atomic E-state index is 12.4. The zero-order chi connectivity index (χ0) is 16.7. The van der Waals surface area contributed by atoms with Crippen LogP contribution < -0.4 is 10.1 Å². The topological polar surface area (TPSA) is 84.9 Å². The van der Waals surface area contributed by atoms with Gasteiger partial charge in [0.15, 0.2) is 0 Å². The van der Waals surface area contributed by atoms with Gasteiger partial charge in [-0.3, -0.25) is 0 Å².